The number of carbonyl (C=O) groups is 2. The molecule has 110 valence electrons. The van der Waals surface area contributed by atoms with Crippen LogP contribution in [0.1, 0.15) is 12.0 Å². The molecule has 0 aliphatic heterocycles. The number of esters is 1. The predicted molar refractivity (Wildman–Crippen MR) is 59.9 cm³/mol. The van der Waals surface area contributed by atoms with Crippen LogP contribution in [-0.2, 0) is 20.7 Å². The fourth-order valence-corrected chi connectivity index (χ4v) is 1.31. The summed E-state index contributed by atoms with van der Waals surface area (Å²) in [5.74, 6) is -3.82. The van der Waals surface area contributed by atoms with Crippen molar-refractivity contribution < 1.29 is 31.9 Å². The van der Waals surface area contributed by atoms with Gasteiger partial charge in [-0.25, -0.2) is 9.18 Å². The quantitative estimate of drug-likeness (QED) is 0.510. The van der Waals surface area contributed by atoms with Crippen molar-refractivity contribution in [2.24, 2.45) is 5.73 Å². The van der Waals surface area contributed by atoms with E-state index in [1.165, 1.54) is 24.3 Å². The second-order valence-electron chi connectivity index (χ2n) is 3.92. The highest BCUT2D eigenvalue weighted by Gasteiger charge is 2.42. The zero-order valence-corrected chi connectivity index (χ0v) is 10.1. The topological polar surface area (TPSA) is 69.4 Å². The van der Waals surface area contributed by atoms with Gasteiger partial charge in [0.2, 0.25) is 6.23 Å². The van der Waals surface area contributed by atoms with Gasteiger partial charge >= 0.3 is 12.1 Å². The summed E-state index contributed by atoms with van der Waals surface area (Å²) in [6.45, 7) is 0. The molecule has 0 spiro atoms. The first-order valence-corrected chi connectivity index (χ1v) is 5.50. The maximum Gasteiger partial charge on any atom is 0.490 e. The molecule has 4 nitrogen and oxygen atoms in total. The lowest BCUT2D eigenvalue weighted by molar-refractivity contribution is -0.204. The minimum absolute atomic E-state index is 0.149. The minimum atomic E-state index is -5.20. The fourth-order valence-electron chi connectivity index (χ4n) is 1.31. The van der Waals surface area contributed by atoms with Crippen molar-refractivity contribution in [2.75, 3.05) is 0 Å². The number of benzene rings is 1. The zero-order valence-electron chi connectivity index (χ0n) is 10.1. The van der Waals surface area contributed by atoms with Gasteiger partial charge in [0.05, 0.1) is 0 Å². The van der Waals surface area contributed by atoms with Crippen molar-refractivity contribution in [3.05, 3.63) is 35.6 Å². The van der Waals surface area contributed by atoms with E-state index < -0.39 is 30.0 Å². The molecule has 1 rings (SSSR count). The highest BCUT2D eigenvalue weighted by atomic mass is 19.4. The molecule has 0 saturated heterocycles. The molecule has 1 unspecified atom stereocenters. The van der Waals surface area contributed by atoms with Crippen LogP contribution in [0.4, 0.5) is 17.6 Å². The Bertz CT molecular complexity index is 484. The van der Waals surface area contributed by atoms with Crippen LogP contribution in [0.3, 0.4) is 0 Å². The van der Waals surface area contributed by atoms with Gasteiger partial charge in [0.15, 0.2) is 5.78 Å². The Kier molecular flexibility index (Phi) is 5.20. The number of halogens is 4. The molecule has 1 aromatic carbocycles. The number of ether oxygens (including phenoxy) is 1. The molecule has 8 heteroatoms. The second-order valence-corrected chi connectivity index (χ2v) is 3.92. The first-order valence-electron chi connectivity index (χ1n) is 5.50. The summed E-state index contributed by atoms with van der Waals surface area (Å²) in [5.41, 5.74) is 5.66. The van der Waals surface area contributed by atoms with E-state index in [-0.39, 0.29) is 12.8 Å². The van der Waals surface area contributed by atoms with Gasteiger partial charge in [-0.15, -0.1) is 0 Å². The number of Topliss-reactive ketones (excluding diaryl/α,β-unsaturated/α-hetero) is 1. The Balaban J connectivity index is 2.46. The van der Waals surface area contributed by atoms with Crippen LogP contribution in [0.5, 0.6) is 0 Å². The van der Waals surface area contributed by atoms with Gasteiger partial charge in [0.1, 0.15) is 5.82 Å². The van der Waals surface area contributed by atoms with E-state index in [0.29, 0.717) is 5.56 Å². The van der Waals surface area contributed by atoms with Crippen molar-refractivity contribution in [3.63, 3.8) is 0 Å². The van der Waals surface area contributed by atoms with Crippen molar-refractivity contribution in [1.82, 2.24) is 0 Å². The lowest BCUT2D eigenvalue weighted by atomic mass is 10.1. The maximum atomic E-state index is 12.6. The van der Waals surface area contributed by atoms with E-state index in [1.807, 2.05) is 0 Å². The van der Waals surface area contributed by atoms with E-state index >= 15 is 0 Å². The van der Waals surface area contributed by atoms with Gasteiger partial charge < -0.3 is 4.74 Å². The van der Waals surface area contributed by atoms with Crippen LogP contribution in [0, 0.1) is 5.82 Å². The largest absolute Gasteiger partial charge is 0.490 e. The van der Waals surface area contributed by atoms with E-state index in [9.17, 15) is 27.2 Å². The number of aryl methyl sites for hydroxylation is 1. The number of rotatable bonds is 5. The van der Waals surface area contributed by atoms with Crippen LogP contribution in [0.25, 0.3) is 0 Å². The van der Waals surface area contributed by atoms with E-state index in [2.05, 4.69) is 4.74 Å². The molecule has 1 aromatic rings. The van der Waals surface area contributed by atoms with Crippen LogP contribution < -0.4 is 5.73 Å². The molecule has 0 fully saturated rings. The Morgan fingerprint density at radius 2 is 1.75 bits per heavy atom. The van der Waals surface area contributed by atoms with Crippen LogP contribution in [0.2, 0.25) is 0 Å². The molecular weight excluding hydrogens is 282 g/mol. The van der Waals surface area contributed by atoms with E-state index in [0.717, 1.165) is 0 Å². The Labute approximate surface area is 111 Å². The molecule has 20 heavy (non-hydrogen) atoms. The van der Waals surface area contributed by atoms with Gasteiger partial charge in [0, 0.05) is 6.42 Å². The Morgan fingerprint density at radius 1 is 1.20 bits per heavy atom. The van der Waals surface area contributed by atoms with Crippen LogP contribution in [-0.4, -0.2) is 24.2 Å². The van der Waals surface area contributed by atoms with Gasteiger partial charge in [-0.1, -0.05) is 12.1 Å². The van der Waals surface area contributed by atoms with Gasteiger partial charge in [-0.3, -0.25) is 10.5 Å². The third-order valence-electron chi connectivity index (χ3n) is 2.36. The molecule has 1 atom stereocenters. The summed E-state index contributed by atoms with van der Waals surface area (Å²) in [6, 6.07) is 5.22. The molecule has 0 amide bonds. The smallest absolute Gasteiger partial charge is 0.433 e. The molecular formula is C12H11F4NO3. The molecule has 2 N–H and O–H groups in total. The van der Waals surface area contributed by atoms with Crippen LogP contribution in [0.15, 0.2) is 24.3 Å². The second kappa shape index (κ2) is 6.47. The maximum absolute atomic E-state index is 12.6. The monoisotopic (exact) mass is 293 g/mol. The van der Waals surface area contributed by atoms with E-state index in [1.54, 1.807) is 0 Å². The summed E-state index contributed by atoms with van der Waals surface area (Å²) >= 11 is 0. The van der Waals surface area contributed by atoms with Crippen molar-refractivity contribution in [2.45, 2.75) is 25.2 Å². The lowest BCUT2D eigenvalue weighted by Gasteiger charge is -2.13. The number of alkyl halides is 3. The van der Waals surface area contributed by atoms with Crippen molar-refractivity contribution in [3.8, 4) is 0 Å². The first kappa shape index (κ1) is 16.1. The number of nitrogens with two attached hydrogens (primary N) is 1. The standard InChI is InChI=1S/C12H11F4NO3/c13-8-4-1-7(2-5-8)3-6-9(18)10(17)20-11(19)12(14,15)16/h1-2,4-5,10H,3,6,17H2. The number of hydrogen-bond donors (Lipinski definition) is 1. The summed E-state index contributed by atoms with van der Waals surface area (Å²) < 4.78 is 52.1. The molecule has 0 aliphatic carbocycles. The normalized spacial score (nSPS) is 12.8. The lowest BCUT2D eigenvalue weighted by Crippen LogP contribution is -2.40. The number of carbonyl (C=O) groups excluding carboxylic acids is 2. The summed E-state index contributed by atoms with van der Waals surface area (Å²) in [5, 5.41) is 0. The third kappa shape index (κ3) is 4.96. The zero-order chi connectivity index (χ0) is 15.3. The summed E-state index contributed by atoms with van der Waals surface area (Å²) in [4.78, 5) is 21.9. The molecule has 0 radical (unpaired) electrons. The number of ketones is 1. The Morgan fingerprint density at radius 3 is 2.25 bits per heavy atom. The average Bonchev–Trinajstić information content (AvgIpc) is 2.36. The highest BCUT2D eigenvalue weighted by Crippen LogP contribution is 2.17. The molecule has 0 bridgehead atoms. The minimum Gasteiger partial charge on any atom is -0.433 e. The number of hydrogen-bond acceptors (Lipinski definition) is 4. The fraction of sp³-hybridized carbons (Fsp3) is 0.333. The van der Waals surface area contributed by atoms with Gasteiger partial charge in [-0.2, -0.15) is 13.2 Å². The Hall–Kier alpha value is -1.96. The van der Waals surface area contributed by atoms with Crippen molar-refractivity contribution in [1.29, 1.82) is 0 Å². The van der Waals surface area contributed by atoms with Crippen molar-refractivity contribution >= 4 is 11.8 Å². The first-order chi connectivity index (χ1) is 9.20. The van der Waals surface area contributed by atoms with Gasteiger partial charge in [-0.05, 0) is 24.1 Å². The molecule has 0 saturated carbocycles. The predicted octanol–water partition coefficient (Wildman–Crippen LogP) is 1.72. The molecule has 0 heterocycles. The summed E-state index contributed by atoms with van der Waals surface area (Å²) in [7, 11) is 0. The highest BCUT2D eigenvalue weighted by molar-refractivity contribution is 5.86. The average molecular weight is 293 g/mol. The SMILES string of the molecule is NC(OC(=O)C(F)(F)F)C(=O)CCc1ccc(F)cc1. The third-order valence-corrected chi connectivity index (χ3v) is 2.36. The summed E-state index contributed by atoms with van der Waals surface area (Å²) in [6.07, 6.45) is -7.24. The van der Waals surface area contributed by atoms with Crippen LogP contribution >= 0.6 is 0 Å². The molecule has 0 aliphatic rings. The molecule has 0 aromatic heterocycles. The van der Waals surface area contributed by atoms with E-state index in [4.69, 9.17) is 5.73 Å². The van der Waals surface area contributed by atoms with Gasteiger partial charge in [0.25, 0.3) is 0 Å².